The Balaban J connectivity index is 1.74. The summed E-state index contributed by atoms with van der Waals surface area (Å²) in [7, 11) is 1.69. The van der Waals surface area contributed by atoms with Crippen molar-refractivity contribution in [1.82, 2.24) is 9.97 Å². The number of nitrogens with zero attached hydrogens (tertiary/aromatic N) is 2. The highest BCUT2D eigenvalue weighted by Gasteiger charge is 2.15. The lowest BCUT2D eigenvalue weighted by Gasteiger charge is -2.19. The zero-order valence-corrected chi connectivity index (χ0v) is 17.3. The van der Waals surface area contributed by atoms with Crippen LogP contribution in [-0.4, -0.2) is 17.1 Å². The molecule has 0 N–H and O–H groups in total. The van der Waals surface area contributed by atoms with Crippen LogP contribution >= 0.6 is 11.3 Å². The Morgan fingerprint density at radius 3 is 2.41 bits per heavy atom. The molecule has 2 aromatic heterocycles. The van der Waals surface area contributed by atoms with Crippen LogP contribution in [0, 0.1) is 6.92 Å². The second-order valence-electron chi connectivity index (χ2n) is 7.99. The van der Waals surface area contributed by atoms with Crippen molar-refractivity contribution in [2.75, 3.05) is 7.11 Å². The summed E-state index contributed by atoms with van der Waals surface area (Å²) in [4.78, 5) is 9.63. The highest BCUT2D eigenvalue weighted by Crippen LogP contribution is 2.34. The predicted octanol–water partition coefficient (Wildman–Crippen LogP) is 6.05. The van der Waals surface area contributed by atoms with Crippen molar-refractivity contribution >= 4 is 32.5 Å². The third-order valence-electron chi connectivity index (χ3n) is 4.93. The number of rotatable bonds is 3. The van der Waals surface area contributed by atoms with Crippen LogP contribution in [-0.2, 0) is 11.8 Å². The van der Waals surface area contributed by atoms with Crippen molar-refractivity contribution in [3.05, 3.63) is 64.3 Å². The van der Waals surface area contributed by atoms with Gasteiger partial charge in [-0.05, 0) is 41.7 Å². The molecular weight excluding hydrogens is 352 g/mol. The van der Waals surface area contributed by atoms with Gasteiger partial charge < -0.3 is 4.74 Å². The molecule has 0 fully saturated rings. The molecule has 0 amide bonds. The van der Waals surface area contributed by atoms with E-state index in [-0.39, 0.29) is 5.41 Å². The van der Waals surface area contributed by atoms with E-state index in [1.807, 2.05) is 19.1 Å². The van der Waals surface area contributed by atoms with E-state index in [4.69, 9.17) is 14.7 Å². The first-order valence-electron chi connectivity index (χ1n) is 9.18. The van der Waals surface area contributed by atoms with Crippen LogP contribution in [0.1, 0.15) is 42.6 Å². The SMILES string of the molecule is COc1ccc2nc(C)c3nc(Cc4ccc(C(C)(C)C)cc4)sc3c2c1. The average molecular weight is 377 g/mol. The van der Waals surface area contributed by atoms with E-state index in [0.29, 0.717) is 0 Å². The molecule has 0 saturated carbocycles. The smallest absolute Gasteiger partial charge is 0.119 e. The summed E-state index contributed by atoms with van der Waals surface area (Å²) in [6.07, 6.45) is 0.842. The summed E-state index contributed by atoms with van der Waals surface area (Å²) in [5, 5.41) is 2.23. The van der Waals surface area contributed by atoms with Gasteiger partial charge >= 0.3 is 0 Å². The zero-order chi connectivity index (χ0) is 19.2. The Morgan fingerprint density at radius 2 is 1.74 bits per heavy atom. The summed E-state index contributed by atoms with van der Waals surface area (Å²) < 4.78 is 6.59. The van der Waals surface area contributed by atoms with Crippen molar-refractivity contribution in [2.45, 2.75) is 39.5 Å². The van der Waals surface area contributed by atoms with Gasteiger partial charge in [0.2, 0.25) is 0 Å². The first-order chi connectivity index (χ1) is 12.8. The van der Waals surface area contributed by atoms with Crippen molar-refractivity contribution in [3.63, 3.8) is 0 Å². The fraction of sp³-hybridized carbons (Fsp3) is 0.304. The number of ether oxygens (including phenoxy) is 1. The van der Waals surface area contributed by atoms with Crippen molar-refractivity contribution in [1.29, 1.82) is 0 Å². The number of hydrogen-bond acceptors (Lipinski definition) is 4. The number of fused-ring (bicyclic) bond motifs is 3. The zero-order valence-electron chi connectivity index (χ0n) is 16.5. The molecule has 27 heavy (non-hydrogen) atoms. The summed E-state index contributed by atoms with van der Waals surface area (Å²) in [6.45, 7) is 8.76. The van der Waals surface area contributed by atoms with Gasteiger partial charge in [-0.3, -0.25) is 4.98 Å². The minimum atomic E-state index is 0.176. The van der Waals surface area contributed by atoms with Gasteiger partial charge in [-0.15, -0.1) is 11.3 Å². The summed E-state index contributed by atoms with van der Waals surface area (Å²) in [6, 6.07) is 14.9. The molecule has 0 aliphatic carbocycles. The summed E-state index contributed by atoms with van der Waals surface area (Å²) >= 11 is 1.76. The maximum atomic E-state index is 5.40. The van der Waals surface area contributed by atoms with Crippen LogP contribution in [0.2, 0.25) is 0 Å². The van der Waals surface area contributed by atoms with Crippen LogP contribution in [0.15, 0.2) is 42.5 Å². The molecule has 4 heteroatoms. The first kappa shape index (κ1) is 17.9. The Labute approximate surface area is 164 Å². The lowest BCUT2D eigenvalue weighted by molar-refractivity contribution is 0.415. The monoisotopic (exact) mass is 376 g/mol. The topological polar surface area (TPSA) is 35.0 Å². The van der Waals surface area contributed by atoms with E-state index in [0.717, 1.165) is 39.3 Å². The largest absolute Gasteiger partial charge is 0.497 e. The molecule has 138 valence electrons. The molecule has 0 spiro atoms. The third-order valence-corrected chi connectivity index (χ3v) is 6.01. The van der Waals surface area contributed by atoms with Crippen LogP contribution in [0.4, 0.5) is 0 Å². The molecule has 4 aromatic rings. The standard InChI is InChI=1S/C23H24N2OS/c1-14-21-22(18-13-17(26-5)10-11-19(18)24-14)27-20(25-21)12-15-6-8-16(9-7-15)23(2,3)4/h6-11,13H,12H2,1-5H3. The quantitative estimate of drug-likeness (QED) is 0.436. The van der Waals surface area contributed by atoms with Crippen molar-refractivity contribution in [2.24, 2.45) is 0 Å². The van der Waals surface area contributed by atoms with E-state index < -0.39 is 0 Å². The number of pyridine rings is 1. The lowest BCUT2D eigenvalue weighted by Crippen LogP contribution is -2.10. The molecule has 0 aliphatic rings. The van der Waals surface area contributed by atoms with E-state index in [1.165, 1.54) is 15.8 Å². The molecular formula is C23H24N2OS. The van der Waals surface area contributed by atoms with Gasteiger partial charge in [0.25, 0.3) is 0 Å². The van der Waals surface area contributed by atoms with Gasteiger partial charge in [0, 0.05) is 11.8 Å². The van der Waals surface area contributed by atoms with Crippen molar-refractivity contribution in [3.8, 4) is 5.75 Å². The molecule has 0 atom stereocenters. The number of thiazole rings is 1. The Bertz CT molecular complexity index is 1120. The number of hydrogen-bond donors (Lipinski definition) is 0. The molecule has 4 rings (SSSR count). The van der Waals surface area contributed by atoms with E-state index in [9.17, 15) is 0 Å². The minimum Gasteiger partial charge on any atom is -0.497 e. The average Bonchev–Trinajstić information content (AvgIpc) is 3.06. The molecule has 0 unspecified atom stereocenters. The van der Waals surface area contributed by atoms with E-state index in [1.54, 1.807) is 18.4 Å². The van der Waals surface area contributed by atoms with Gasteiger partial charge in [0.05, 0.1) is 28.0 Å². The minimum absolute atomic E-state index is 0.176. The highest BCUT2D eigenvalue weighted by molar-refractivity contribution is 7.19. The molecule has 0 radical (unpaired) electrons. The number of benzene rings is 2. The highest BCUT2D eigenvalue weighted by atomic mass is 32.1. The third kappa shape index (κ3) is 3.42. The van der Waals surface area contributed by atoms with Gasteiger partial charge in [0.1, 0.15) is 11.3 Å². The molecule has 2 heterocycles. The van der Waals surface area contributed by atoms with Crippen LogP contribution < -0.4 is 4.74 Å². The Hall–Kier alpha value is -2.46. The normalized spacial score (nSPS) is 12.0. The fourth-order valence-electron chi connectivity index (χ4n) is 3.32. The summed E-state index contributed by atoms with van der Waals surface area (Å²) in [5.74, 6) is 0.849. The fourth-order valence-corrected chi connectivity index (χ4v) is 4.49. The lowest BCUT2D eigenvalue weighted by atomic mass is 9.86. The summed E-state index contributed by atoms with van der Waals surface area (Å²) in [5.41, 5.74) is 5.79. The van der Waals surface area contributed by atoms with Gasteiger partial charge in [0.15, 0.2) is 0 Å². The van der Waals surface area contributed by atoms with Crippen LogP contribution in [0.25, 0.3) is 21.1 Å². The van der Waals surface area contributed by atoms with Gasteiger partial charge in [-0.2, -0.15) is 0 Å². The number of aryl methyl sites for hydroxylation is 1. The number of aromatic nitrogens is 2. The van der Waals surface area contributed by atoms with Crippen LogP contribution in [0.3, 0.4) is 0 Å². The molecule has 2 aromatic carbocycles. The molecule has 0 saturated heterocycles. The Morgan fingerprint density at radius 1 is 1.00 bits per heavy atom. The second-order valence-corrected chi connectivity index (χ2v) is 9.07. The first-order valence-corrected chi connectivity index (χ1v) is 10.00. The van der Waals surface area contributed by atoms with E-state index in [2.05, 4.69) is 51.1 Å². The van der Waals surface area contributed by atoms with Crippen LogP contribution in [0.5, 0.6) is 5.75 Å². The molecule has 0 bridgehead atoms. The predicted molar refractivity (Wildman–Crippen MR) is 114 cm³/mol. The number of methoxy groups -OCH3 is 1. The van der Waals surface area contributed by atoms with E-state index >= 15 is 0 Å². The van der Waals surface area contributed by atoms with Gasteiger partial charge in [-0.1, -0.05) is 45.0 Å². The maximum Gasteiger partial charge on any atom is 0.119 e. The molecule has 3 nitrogen and oxygen atoms in total. The van der Waals surface area contributed by atoms with Gasteiger partial charge in [-0.25, -0.2) is 4.98 Å². The molecule has 0 aliphatic heterocycles. The Kier molecular flexibility index (Phi) is 4.39. The maximum absolute atomic E-state index is 5.40. The second kappa shape index (κ2) is 6.61. The van der Waals surface area contributed by atoms with Crippen molar-refractivity contribution < 1.29 is 4.74 Å².